The fourth-order valence-corrected chi connectivity index (χ4v) is 4.38. The number of hydrogen-bond acceptors (Lipinski definition) is 6. The average Bonchev–Trinajstić information content (AvgIpc) is 3.23. The van der Waals surface area contributed by atoms with E-state index in [0.717, 1.165) is 39.9 Å². The quantitative estimate of drug-likeness (QED) is 0.480. The van der Waals surface area contributed by atoms with Crippen LogP contribution in [0.1, 0.15) is 46.0 Å². The topological polar surface area (TPSA) is 60.9 Å². The van der Waals surface area contributed by atoms with Gasteiger partial charge in [0.25, 0.3) is 5.91 Å². The number of fused-ring (bicyclic) bond motifs is 1. The molecule has 0 bridgehead atoms. The van der Waals surface area contributed by atoms with Gasteiger partial charge in [-0.05, 0) is 74.7 Å². The molecule has 0 spiro atoms. The van der Waals surface area contributed by atoms with Crippen molar-refractivity contribution in [3.8, 4) is 17.2 Å². The number of thiazole rings is 1. The zero-order chi connectivity index (χ0) is 22.5. The number of ether oxygens (including phenoxy) is 3. The molecule has 3 aromatic rings. The second-order valence-corrected chi connectivity index (χ2v) is 8.64. The van der Waals surface area contributed by atoms with Gasteiger partial charge in [-0.15, -0.1) is 11.3 Å². The third-order valence-electron chi connectivity index (χ3n) is 5.32. The van der Waals surface area contributed by atoms with Crippen molar-refractivity contribution >= 4 is 17.2 Å². The summed E-state index contributed by atoms with van der Waals surface area (Å²) in [6.45, 7) is 8.71. The molecule has 0 saturated heterocycles. The van der Waals surface area contributed by atoms with E-state index in [0.29, 0.717) is 38.5 Å². The molecule has 1 aromatic heterocycles. The molecule has 2 heterocycles. The third-order valence-corrected chi connectivity index (χ3v) is 6.14. The maximum absolute atomic E-state index is 13.1. The van der Waals surface area contributed by atoms with Crippen LogP contribution in [-0.4, -0.2) is 35.5 Å². The predicted octanol–water partition coefficient (Wildman–Crippen LogP) is 5.03. The minimum atomic E-state index is 0.0178. The van der Waals surface area contributed by atoms with Crippen LogP contribution in [0.3, 0.4) is 0 Å². The Balaban J connectivity index is 1.42. The number of nitrogens with zero attached hydrogens (tertiary/aromatic N) is 2. The summed E-state index contributed by atoms with van der Waals surface area (Å²) < 4.78 is 17.3. The van der Waals surface area contributed by atoms with E-state index in [1.807, 2.05) is 61.4 Å². The summed E-state index contributed by atoms with van der Waals surface area (Å²) in [6, 6.07) is 11.4. The van der Waals surface area contributed by atoms with Crippen LogP contribution in [0.15, 0.2) is 41.8 Å². The molecule has 7 heteroatoms. The zero-order valence-corrected chi connectivity index (χ0v) is 19.5. The van der Waals surface area contributed by atoms with Crippen LogP contribution < -0.4 is 14.2 Å². The Kier molecular flexibility index (Phi) is 6.95. The lowest BCUT2D eigenvalue weighted by atomic mass is 9.98. The fraction of sp³-hybridized carbons (Fsp3) is 0.360. The Morgan fingerprint density at radius 3 is 2.34 bits per heavy atom. The number of carbonyl (C=O) groups excluding carboxylic acids is 1. The number of carbonyl (C=O) groups is 1. The molecule has 4 rings (SSSR count). The maximum atomic E-state index is 13.1. The first-order chi connectivity index (χ1) is 15.6. The Labute approximate surface area is 192 Å². The minimum Gasteiger partial charge on any atom is -0.490 e. The molecule has 168 valence electrons. The summed E-state index contributed by atoms with van der Waals surface area (Å²) in [7, 11) is 0. The van der Waals surface area contributed by atoms with Gasteiger partial charge in [-0.3, -0.25) is 4.79 Å². The van der Waals surface area contributed by atoms with E-state index in [4.69, 9.17) is 14.2 Å². The van der Waals surface area contributed by atoms with Crippen molar-refractivity contribution < 1.29 is 19.0 Å². The highest BCUT2D eigenvalue weighted by molar-refractivity contribution is 7.09. The molecular formula is C25H28N2O4S. The van der Waals surface area contributed by atoms with Crippen LogP contribution in [0.5, 0.6) is 17.2 Å². The molecular weight excluding hydrogens is 424 g/mol. The Morgan fingerprint density at radius 2 is 1.72 bits per heavy atom. The van der Waals surface area contributed by atoms with E-state index in [2.05, 4.69) is 11.1 Å². The monoisotopic (exact) mass is 452 g/mol. The maximum Gasteiger partial charge on any atom is 0.254 e. The number of aryl methyl sites for hydroxylation is 1. The molecule has 0 fully saturated rings. The van der Waals surface area contributed by atoms with E-state index >= 15 is 0 Å². The second-order valence-electron chi connectivity index (χ2n) is 7.58. The van der Waals surface area contributed by atoms with Gasteiger partial charge in [0.15, 0.2) is 11.5 Å². The fourth-order valence-electron chi connectivity index (χ4n) is 3.78. The lowest BCUT2D eigenvalue weighted by Gasteiger charge is -2.30. The summed E-state index contributed by atoms with van der Waals surface area (Å²) in [5.74, 6) is 2.25. The normalized spacial score (nSPS) is 12.9. The van der Waals surface area contributed by atoms with Gasteiger partial charge in [-0.25, -0.2) is 4.98 Å². The smallest absolute Gasteiger partial charge is 0.254 e. The summed E-state index contributed by atoms with van der Waals surface area (Å²) >= 11 is 1.61. The van der Waals surface area contributed by atoms with Crippen LogP contribution in [0.2, 0.25) is 0 Å². The molecule has 0 radical (unpaired) electrons. The number of aromatic nitrogens is 1. The first kappa shape index (κ1) is 22.1. The Bertz CT molecular complexity index is 1080. The summed E-state index contributed by atoms with van der Waals surface area (Å²) in [6.07, 6.45) is 0.793. The molecule has 1 aliphatic rings. The number of rotatable bonds is 8. The van der Waals surface area contributed by atoms with Crippen molar-refractivity contribution in [2.45, 2.75) is 40.3 Å². The number of hydrogen-bond donors (Lipinski definition) is 0. The van der Waals surface area contributed by atoms with E-state index in [1.54, 1.807) is 11.3 Å². The first-order valence-corrected chi connectivity index (χ1v) is 11.8. The molecule has 32 heavy (non-hydrogen) atoms. The summed E-state index contributed by atoms with van der Waals surface area (Å²) in [5, 5.41) is 3.02. The van der Waals surface area contributed by atoms with Crippen LogP contribution in [-0.2, 0) is 19.6 Å². The lowest BCUT2D eigenvalue weighted by molar-refractivity contribution is 0.0734. The largest absolute Gasteiger partial charge is 0.490 e. The van der Waals surface area contributed by atoms with Gasteiger partial charge >= 0.3 is 0 Å². The standard InChI is InChI=1S/C25H28N2O4S/c1-4-29-23-12-19-10-11-27(14-20(19)13-24(23)30-5-2)25(28)18-6-8-22(9-7-18)31-15-21-16-32-17(3)26-21/h6-9,12-13,16H,4-5,10-11,14-15H2,1-3H3. The SMILES string of the molecule is CCOc1cc2c(cc1OCC)CN(C(=O)c1ccc(OCc3csc(C)n3)cc1)CC2. The van der Waals surface area contributed by atoms with Crippen molar-refractivity contribution in [1.82, 2.24) is 9.88 Å². The van der Waals surface area contributed by atoms with E-state index in [-0.39, 0.29) is 5.91 Å². The van der Waals surface area contributed by atoms with Crippen molar-refractivity contribution in [2.24, 2.45) is 0 Å². The first-order valence-electron chi connectivity index (χ1n) is 10.9. The van der Waals surface area contributed by atoms with Gasteiger partial charge in [-0.1, -0.05) is 0 Å². The second kappa shape index (κ2) is 10.0. The zero-order valence-electron chi connectivity index (χ0n) is 18.7. The van der Waals surface area contributed by atoms with Gasteiger partial charge in [0, 0.05) is 24.0 Å². The molecule has 0 aliphatic carbocycles. The Morgan fingerprint density at radius 1 is 1.03 bits per heavy atom. The molecule has 0 N–H and O–H groups in total. The van der Waals surface area contributed by atoms with Crippen LogP contribution >= 0.6 is 11.3 Å². The molecule has 1 amide bonds. The van der Waals surface area contributed by atoms with Crippen LogP contribution in [0.25, 0.3) is 0 Å². The summed E-state index contributed by atoms with van der Waals surface area (Å²) in [5.41, 5.74) is 3.89. The van der Waals surface area contributed by atoms with E-state index < -0.39 is 0 Å². The van der Waals surface area contributed by atoms with Crippen molar-refractivity contribution in [3.05, 3.63) is 69.2 Å². The van der Waals surface area contributed by atoms with E-state index in [1.165, 1.54) is 5.56 Å². The highest BCUT2D eigenvalue weighted by atomic mass is 32.1. The molecule has 1 aliphatic heterocycles. The van der Waals surface area contributed by atoms with Crippen molar-refractivity contribution in [3.63, 3.8) is 0 Å². The molecule has 0 atom stereocenters. The Hall–Kier alpha value is -3.06. The van der Waals surface area contributed by atoms with Gasteiger partial charge in [0.05, 0.1) is 23.9 Å². The minimum absolute atomic E-state index is 0.0178. The van der Waals surface area contributed by atoms with E-state index in [9.17, 15) is 4.79 Å². The molecule has 0 unspecified atom stereocenters. The van der Waals surface area contributed by atoms with Crippen molar-refractivity contribution in [2.75, 3.05) is 19.8 Å². The van der Waals surface area contributed by atoms with Gasteiger partial charge in [0.2, 0.25) is 0 Å². The molecule has 6 nitrogen and oxygen atoms in total. The molecule has 2 aromatic carbocycles. The number of amides is 1. The average molecular weight is 453 g/mol. The van der Waals surface area contributed by atoms with Crippen LogP contribution in [0, 0.1) is 6.92 Å². The van der Waals surface area contributed by atoms with Gasteiger partial charge in [-0.2, -0.15) is 0 Å². The van der Waals surface area contributed by atoms with Crippen molar-refractivity contribution in [1.29, 1.82) is 0 Å². The van der Waals surface area contributed by atoms with Gasteiger partial charge in [0.1, 0.15) is 12.4 Å². The lowest BCUT2D eigenvalue weighted by Crippen LogP contribution is -2.36. The number of benzene rings is 2. The van der Waals surface area contributed by atoms with Crippen LogP contribution in [0.4, 0.5) is 0 Å². The predicted molar refractivity (Wildman–Crippen MR) is 125 cm³/mol. The summed E-state index contributed by atoms with van der Waals surface area (Å²) in [4.78, 5) is 19.4. The highest BCUT2D eigenvalue weighted by Crippen LogP contribution is 2.34. The highest BCUT2D eigenvalue weighted by Gasteiger charge is 2.24. The molecule has 0 saturated carbocycles. The van der Waals surface area contributed by atoms with Gasteiger partial charge < -0.3 is 19.1 Å². The third kappa shape index (κ3) is 5.05.